The first-order valence-corrected chi connectivity index (χ1v) is 7.80. The van der Waals surface area contributed by atoms with E-state index < -0.39 is 10.6 Å². The Bertz CT molecular complexity index is 414. The van der Waals surface area contributed by atoms with Gasteiger partial charge in [0.2, 0.25) is 0 Å². The molecule has 0 spiro atoms. The lowest BCUT2D eigenvalue weighted by Gasteiger charge is -2.40. The Hall–Kier alpha value is -0.630. The first-order valence-electron chi connectivity index (χ1n) is 5.12. The molecular formula is C10H13BrN2O3S. The van der Waals surface area contributed by atoms with Crippen molar-refractivity contribution in [2.24, 2.45) is 0 Å². The molecular weight excluding hydrogens is 308 g/mol. The molecule has 0 bridgehead atoms. The fourth-order valence-corrected chi connectivity index (χ4v) is 3.08. The minimum absolute atomic E-state index is 0.111. The highest BCUT2D eigenvalue weighted by Crippen LogP contribution is 2.40. The average molecular weight is 321 g/mol. The van der Waals surface area contributed by atoms with E-state index in [0.717, 1.165) is 0 Å². The number of aromatic nitrogens is 1. The summed E-state index contributed by atoms with van der Waals surface area (Å²) in [6.45, 7) is 0.772. The molecule has 1 fully saturated rings. The van der Waals surface area contributed by atoms with Crippen molar-refractivity contribution in [3.63, 3.8) is 0 Å². The van der Waals surface area contributed by atoms with E-state index in [-0.39, 0.29) is 17.4 Å². The molecule has 7 heteroatoms. The van der Waals surface area contributed by atoms with Crippen molar-refractivity contribution in [3.8, 4) is 0 Å². The maximum absolute atomic E-state index is 12.0. The molecule has 1 aliphatic heterocycles. The Kier molecular flexibility index (Phi) is 3.72. The van der Waals surface area contributed by atoms with Crippen LogP contribution in [0.3, 0.4) is 0 Å². The van der Waals surface area contributed by atoms with E-state index in [2.05, 4.69) is 20.9 Å². The maximum Gasteiger partial charge on any atom is 0.255 e. The topological polar surface area (TPSA) is 73.7 Å². The maximum atomic E-state index is 12.0. The van der Waals surface area contributed by atoms with Crippen LogP contribution >= 0.6 is 26.5 Å². The molecule has 2 N–H and O–H groups in total. The largest absolute Gasteiger partial charge is 0.335 e. The second-order valence-corrected chi connectivity index (χ2v) is 7.11. The molecule has 2 rings (SSSR count). The van der Waals surface area contributed by atoms with E-state index in [1.807, 2.05) is 0 Å². The summed E-state index contributed by atoms with van der Waals surface area (Å²) >= 11 is 3.21. The van der Waals surface area contributed by atoms with Crippen LogP contribution in [0.4, 0.5) is 0 Å². The van der Waals surface area contributed by atoms with Crippen LogP contribution in [0.2, 0.25) is 0 Å². The van der Waals surface area contributed by atoms with Gasteiger partial charge in [0.25, 0.3) is 5.91 Å². The lowest BCUT2D eigenvalue weighted by Crippen LogP contribution is -2.42. The lowest BCUT2D eigenvalue weighted by molar-refractivity contribution is 0.0767. The minimum Gasteiger partial charge on any atom is -0.335 e. The molecule has 1 aromatic heterocycles. The second kappa shape index (κ2) is 4.93. The molecule has 0 radical (unpaired) electrons. The van der Waals surface area contributed by atoms with Crippen molar-refractivity contribution >= 4 is 32.4 Å². The number of carbonyl (C=O) groups excluding carboxylic acids is 1. The van der Waals surface area contributed by atoms with Gasteiger partial charge in [-0.1, -0.05) is 0 Å². The molecule has 0 saturated carbocycles. The van der Waals surface area contributed by atoms with Crippen LogP contribution in [-0.4, -0.2) is 49.5 Å². The third-order valence-electron chi connectivity index (χ3n) is 2.64. The summed E-state index contributed by atoms with van der Waals surface area (Å²) < 4.78 is 19.6. The Morgan fingerprint density at radius 2 is 2.00 bits per heavy atom. The lowest BCUT2D eigenvalue weighted by atomic mass is 10.2. The zero-order chi connectivity index (χ0) is 12.5. The van der Waals surface area contributed by atoms with E-state index in [4.69, 9.17) is 0 Å². The molecule has 1 amide bonds. The number of hydrogen-bond donors (Lipinski definition) is 2. The van der Waals surface area contributed by atoms with Crippen molar-refractivity contribution < 1.29 is 13.9 Å². The molecule has 0 aromatic carbocycles. The van der Waals surface area contributed by atoms with Crippen LogP contribution < -0.4 is 0 Å². The molecule has 0 unspecified atom stereocenters. The van der Waals surface area contributed by atoms with Crippen molar-refractivity contribution in [2.75, 3.05) is 24.6 Å². The van der Waals surface area contributed by atoms with Gasteiger partial charge in [-0.25, -0.2) is 4.98 Å². The van der Waals surface area contributed by atoms with E-state index in [0.29, 0.717) is 23.3 Å². The SMILES string of the molecule is O=C(c1ccc(Br)nc1)N1CCS(O)(O)CC1. The second-order valence-electron chi connectivity index (χ2n) is 3.87. The van der Waals surface area contributed by atoms with Crippen LogP contribution in [0, 0.1) is 0 Å². The van der Waals surface area contributed by atoms with Crippen LogP contribution in [0.15, 0.2) is 22.9 Å². The third-order valence-corrected chi connectivity index (χ3v) is 4.78. The highest BCUT2D eigenvalue weighted by molar-refractivity contribution is 9.10. The molecule has 17 heavy (non-hydrogen) atoms. The van der Waals surface area contributed by atoms with Gasteiger partial charge in [0.15, 0.2) is 0 Å². The zero-order valence-electron chi connectivity index (χ0n) is 9.04. The van der Waals surface area contributed by atoms with E-state index in [1.165, 1.54) is 6.20 Å². The summed E-state index contributed by atoms with van der Waals surface area (Å²) in [5.41, 5.74) is 0.520. The number of halogens is 1. The summed E-state index contributed by atoms with van der Waals surface area (Å²) in [5.74, 6) is 0.422. The first kappa shape index (κ1) is 12.8. The Balaban J connectivity index is 2.04. The fraction of sp³-hybridized carbons (Fsp3) is 0.400. The Morgan fingerprint density at radius 3 is 2.53 bits per heavy atom. The normalized spacial score (nSPS) is 21.0. The smallest absolute Gasteiger partial charge is 0.255 e. The van der Waals surface area contributed by atoms with Crippen molar-refractivity contribution in [1.82, 2.24) is 9.88 Å². The van der Waals surface area contributed by atoms with Gasteiger partial charge in [0.05, 0.1) is 17.1 Å². The molecule has 1 aromatic rings. The monoisotopic (exact) mass is 320 g/mol. The number of carbonyl (C=O) groups is 1. The standard InChI is InChI=1S/C10H13BrN2O3S/c11-9-2-1-8(7-12-9)10(14)13-3-5-17(15,16)6-4-13/h1-2,7,15-16H,3-6H2. The van der Waals surface area contributed by atoms with Gasteiger partial charge < -0.3 is 4.90 Å². The van der Waals surface area contributed by atoms with Crippen LogP contribution in [0.1, 0.15) is 10.4 Å². The van der Waals surface area contributed by atoms with Crippen LogP contribution in [0.5, 0.6) is 0 Å². The number of pyridine rings is 1. The van der Waals surface area contributed by atoms with Gasteiger partial charge >= 0.3 is 0 Å². The number of rotatable bonds is 1. The summed E-state index contributed by atoms with van der Waals surface area (Å²) in [4.78, 5) is 17.7. The highest BCUT2D eigenvalue weighted by Gasteiger charge is 2.26. The molecule has 0 atom stereocenters. The summed E-state index contributed by atoms with van der Waals surface area (Å²) in [5, 5.41) is 0. The Morgan fingerprint density at radius 1 is 1.35 bits per heavy atom. The van der Waals surface area contributed by atoms with Crippen molar-refractivity contribution in [3.05, 3.63) is 28.5 Å². The van der Waals surface area contributed by atoms with E-state index in [9.17, 15) is 13.9 Å². The number of amides is 1. The van der Waals surface area contributed by atoms with Gasteiger partial charge in [-0.15, -0.1) is 0 Å². The average Bonchev–Trinajstić information content (AvgIpc) is 2.29. The molecule has 5 nitrogen and oxygen atoms in total. The molecule has 1 aliphatic rings. The van der Waals surface area contributed by atoms with Crippen LogP contribution in [-0.2, 0) is 0 Å². The predicted octanol–water partition coefficient (Wildman–Crippen LogP) is 2.05. The van der Waals surface area contributed by atoms with Gasteiger partial charge in [0.1, 0.15) is 4.60 Å². The zero-order valence-corrected chi connectivity index (χ0v) is 11.4. The minimum atomic E-state index is -2.46. The number of nitrogens with zero attached hydrogens (tertiary/aromatic N) is 2. The van der Waals surface area contributed by atoms with E-state index in [1.54, 1.807) is 17.0 Å². The highest BCUT2D eigenvalue weighted by atomic mass is 79.9. The fourth-order valence-electron chi connectivity index (χ4n) is 1.61. The molecule has 1 saturated heterocycles. The quantitative estimate of drug-likeness (QED) is 0.777. The molecule has 0 aliphatic carbocycles. The van der Waals surface area contributed by atoms with E-state index >= 15 is 0 Å². The number of hydrogen-bond acceptors (Lipinski definition) is 4. The summed E-state index contributed by atoms with van der Waals surface area (Å²) in [7, 11) is -2.46. The van der Waals surface area contributed by atoms with Gasteiger partial charge in [0, 0.05) is 19.3 Å². The van der Waals surface area contributed by atoms with Gasteiger partial charge in [-0.3, -0.25) is 13.9 Å². The van der Waals surface area contributed by atoms with Crippen LogP contribution in [0.25, 0.3) is 0 Å². The first-order chi connectivity index (χ1) is 7.98. The van der Waals surface area contributed by atoms with Gasteiger partial charge in [-0.05, 0) is 28.1 Å². The Labute approximate surface area is 109 Å². The molecule has 94 valence electrons. The predicted molar refractivity (Wildman–Crippen MR) is 70.4 cm³/mol. The summed E-state index contributed by atoms with van der Waals surface area (Å²) in [6, 6.07) is 3.41. The summed E-state index contributed by atoms with van der Waals surface area (Å²) in [6.07, 6.45) is 1.51. The van der Waals surface area contributed by atoms with Crippen molar-refractivity contribution in [2.45, 2.75) is 0 Å². The van der Waals surface area contributed by atoms with Crippen molar-refractivity contribution in [1.29, 1.82) is 0 Å². The van der Waals surface area contributed by atoms with Gasteiger partial charge in [-0.2, -0.15) is 10.6 Å². The molecule has 2 heterocycles. The third kappa shape index (κ3) is 3.19.